The van der Waals surface area contributed by atoms with E-state index in [9.17, 15) is 0 Å². The van der Waals surface area contributed by atoms with E-state index in [4.69, 9.17) is 5.84 Å². The molecule has 18 heavy (non-hydrogen) atoms. The van der Waals surface area contributed by atoms with E-state index in [0.29, 0.717) is 11.6 Å². The number of nitrogens with zero attached hydrogens (tertiary/aromatic N) is 2. The van der Waals surface area contributed by atoms with Crippen LogP contribution in [-0.4, -0.2) is 9.97 Å². The molecule has 0 aliphatic rings. The van der Waals surface area contributed by atoms with Gasteiger partial charge in [-0.1, -0.05) is 15.9 Å². The molecule has 3 N–H and O–H groups in total. The van der Waals surface area contributed by atoms with Crippen molar-refractivity contribution < 1.29 is 0 Å². The Bertz CT molecular complexity index is 596. The Labute approximate surface area is 115 Å². The van der Waals surface area contributed by atoms with Gasteiger partial charge in [0.15, 0.2) is 5.82 Å². The fourth-order valence-electron chi connectivity index (χ4n) is 1.77. The molecule has 2 aromatic rings. The van der Waals surface area contributed by atoms with Gasteiger partial charge in [0.25, 0.3) is 0 Å². The molecule has 0 radical (unpaired) electrons. The molecule has 0 atom stereocenters. The van der Waals surface area contributed by atoms with Crippen LogP contribution in [0.15, 0.2) is 22.7 Å². The second kappa shape index (κ2) is 5.04. The van der Waals surface area contributed by atoms with Crippen LogP contribution in [0.5, 0.6) is 0 Å². The monoisotopic (exact) mass is 306 g/mol. The van der Waals surface area contributed by atoms with Crippen molar-refractivity contribution >= 4 is 21.7 Å². The molecule has 1 heterocycles. The summed E-state index contributed by atoms with van der Waals surface area (Å²) in [6.07, 6.45) is 0. The highest BCUT2D eigenvalue weighted by Crippen LogP contribution is 2.26. The molecule has 0 aliphatic carbocycles. The van der Waals surface area contributed by atoms with Gasteiger partial charge in [-0.2, -0.15) is 0 Å². The van der Waals surface area contributed by atoms with Gasteiger partial charge < -0.3 is 5.43 Å². The highest BCUT2D eigenvalue weighted by molar-refractivity contribution is 9.10. The van der Waals surface area contributed by atoms with Crippen LogP contribution in [0.3, 0.4) is 0 Å². The van der Waals surface area contributed by atoms with Gasteiger partial charge in [-0.3, -0.25) is 0 Å². The Kier molecular flexibility index (Phi) is 3.63. The Hall–Kier alpha value is -1.46. The van der Waals surface area contributed by atoms with Crippen molar-refractivity contribution in [1.82, 2.24) is 9.97 Å². The second-order valence-corrected chi connectivity index (χ2v) is 5.13. The summed E-state index contributed by atoms with van der Waals surface area (Å²) in [5.41, 5.74) is 6.64. The summed E-state index contributed by atoms with van der Waals surface area (Å²) in [6.45, 7) is 5.94. The molecule has 0 bridgehead atoms. The molecular weight excluding hydrogens is 292 g/mol. The molecule has 1 aromatic heterocycles. The van der Waals surface area contributed by atoms with Crippen LogP contribution in [-0.2, 0) is 0 Å². The van der Waals surface area contributed by atoms with Crippen LogP contribution in [0.2, 0.25) is 0 Å². The first-order valence-electron chi connectivity index (χ1n) is 5.61. The minimum absolute atomic E-state index is 0.666. The first-order chi connectivity index (χ1) is 8.52. The number of aryl methyl sites for hydroxylation is 2. The average Bonchev–Trinajstić information content (AvgIpc) is 2.32. The quantitative estimate of drug-likeness (QED) is 0.661. The standard InChI is InChI=1S/C13H15BrN4/c1-7-6-10(14)4-5-11(7)13-16-9(3)8(2)12(17-13)18-15/h4-6H,15H2,1-3H3,(H,16,17,18). The lowest BCUT2D eigenvalue weighted by Gasteiger charge is -2.11. The third kappa shape index (κ3) is 2.37. The fraction of sp³-hybridized carbons (Fsp3) is 0.231. The minimum Gasteiger partial charge on any atom is -0.308 e. The zero-order chi connectivity index (χ0) is 13.3. The third-order valence-corrected chi connectivity index (χ3v) is 3.45. The van der Waals surface area contributed by atoms with Crippen LogP contribution >= 0.6 is 15.9 Å². The number of benzene rings is 1. The Morgan fingerprint density at radius 1 is 1.17 bits per heavy atom. The molecule has 2 rings (SSSR count). The summed E-state index contributed by atoms with van der Waals surface area (Å²) in [4.78, 5) is 8.97. The van der Waals surface area contributed by atoms with Crippen molar-refractivity contribution in [3.63, 3.8) is 0 Å². The van der Waals surface area contributed by atoms with Crippen LogP contribution in [0.25, 0.3) is 11.4 Å². The number of hydrogen-bond acceptors (Lipinski definition) is 4. The second-order valence-electron chi connectivity index (χ2n) is 4.21. The highest BCUT2D eigenvalue weighted by Gasteiger charge is 2.10. The predicted molar refractivity (Wildman–Crippen MR) is 77.2 cm³/mol. The van der Waals surface area contributed by atoms with Crippen molar-refractivity contribution in [2.45, 2.75) is 20.8 Å². The molecule has 1 aromatic carbocycles. The molecule has 94 valence electrons. The maximum atomic E-state index is 5.48. The molecular formula is C13H15BrN4. The molecule has 0 aliphatic heterocycles. The largest absolute Gasteiger partial charge is 0.308 e. The highest BCUT2D eigenvalue weighted by atomic mass is 79.9. The molecule has 0 saturated heterocycles. The minimum atomic E-state index is 0.666. The first-order valence-corrected chi connectivity index (χ1v) is 6.40. The van der Waals surface area contributed by atoms with E-state index in [2.05, 4.69) is 31.3 Å². The van der Waals surface area contributed by atoms with Gasteiger partial charge in [0.05, 0.1) is 0 Å². The van der Waals surface area contributed by atoms with Gasteiger partial charge in [-0.15, -0.1) is 0 Å². The number of halogens is 1. The van der Waals surface area contributed by atoms with Crippen LogP contribution in [0.1, 0.15) is 16.8 Å². The number of hydrogen-bond donors (Lipinski definition) is 2. The number of hydrazine groups is 1. The molecule has 0 spiro atoms. The zero-order valence-electron chi connectivity index (χ0n) is 10.6. The van der Waals surface area contributed by atoms with E-state index >= 15 is 0 Å². The van der Waals surface area contributed by atoms with Crippen molar-refractivity contribution in [3.8, 4) is 11.4 Å². The lowest BCUT2D eigenvalue weighted by atomic mass is 10.1. The molecule has 0 unspecified atom stereocenters. The summed E-state index contributed by atoms with van der Waals surface area (Å²) in [7, 11) is 0. The molecule has 5 heteroatoms. The van der Waals surface area contributed by atoms with Crippen LogP contribution < -0.4 is 11.3 Å². The van der Waals surface area contributed by atoms with Gasteiger partial charge in [0.2, 0.25) is 0 Å². The van der Waals surface area contributed by atoms with Gasteiger partial charge >= 0.3 is 0 Å². The summed E-state index contributed by atoms with van der Waals surface area (Å²) < 4.78 is 1.05. The third-order valence-electron chi connectivity index (χ3n) is 2.96. The molecule has 0 amide bonds. The summed E-state index contributed by atoms with van der Waals surface area (Å²) in [5, 5.41) is 0. The number of rotatable bonds is 2. The maximum absolute atomic E-state index is 5.48. The van der Waals surface area contributed by atoms with Crippen LogP contribution in [0.4, 0.5) is 5.82 Å². The Balaban J connectivity index is 2.60. The fourth-order valence-corrected chi connectivity index (χ4v) is 2.24. The van der Waals surface area contributed by atoms with Crippen molar-refractivity contribution in [2.75, 3.05) is 5.43 Å². The van der Waals surface area contributed by atoms with E-state index in [0.717, 1.165) is 26.9 Å². The van der Waals surface area contributed by atoms with Crippen molar-refractivity contribution in [3.05, 3.63) is 39.5 Å². The summed E-state index contributed by atoms with van der Waals surface area (Å²) in [5.74, 6) is 6.84. The molecule has 0 saturated carbocycles. The maximum Gasteiger partial charge on any atom is 0.162 e. The van der Waals surface area contributed by atoms with Gasteiger partial charge in [0, 0.05) is 21.3 Å². The number of nitrogens with two attached hydrogens (primary N) is 1. The van der Waals surface area contributed by atoms with E-state index in [1.807, 2.05) is 39.0 Å². The summed E-state index contributed by atoms with van der Waals surface area (Å²) in [6, 6.07) is 6.03. The number of nitrogens with one attached hydrogen (secondary N) is 1. The van der Waals surface area contributed by atoms with E-state index < -0.39 is 0 Å². The zero-order valence-corrected chi connectivity index (χ0v) is 12.2. The molecule has 4 nitrogen and oxygen atoms in total. The topological polar surface area (TPSA) is 63.8 Å². The normalized spacial score (nSPS) is 10.5. The van der Waals surface area contributed by atoms with E-state index in [1.165, 1.54) is 0 Å². The lowest BCUT2D eigenvalue weighted by molar-refractivity contribution is 1.05. The van der Waals surface area contributed by atoms with Gasteiger partial charge in [-0.25, -0.2) is 15.8 Å². The van der Waals surface area contributed by atoms with Crippen LogP contribution in [0, 0.1) is 20.8 Å². The van der Waals surface area contributed by atoms with E-state index in [1.54, 1.807) is 0 Å². The van der Waals surface area contributed by atoms with Crippen molar-refractivity contribution in [1.29, 1.82) is 0 Å². The Morgan fingerprint density at radius 2 is 1.89 bits per heavy atom. The van der Waals surface area contributed by atoms with Gasteiger partial charge in [-0.05, 0) is 44.5 Å². The van der Waals surface area contributed by atoms with Gasteiger partial charge in [0.1, 0.15) is 5.82 Å². The SMILES string of the molecule is Cc1cc(Br)ccc1-c1nc(C)c(C)c(NN)n1. The summed E-state index contributed by atoms with van der Waals surface area (Å²) >= 11 is 3.45. The number of nitrogen functional groups attached to an aromatic ring is 1. The smallest absolute Gasteiger partial charge is 0.162 e. The average molecular weight is 307 g/mol. The van der Waals surface area contributed by atoms with E-state index in [-0.39, 0.29) is 0 Å². The number of aromatic nitrogens is 2. The lowest BCUT2D eigenvalue weighted by Crippen LogP contribution is -2.12. The molecule has 0 fully saturated rings. The predicted octanol–water partition coefficient (Wildman–Crippen LogP) is 3.12. The Morgan fingerprint density at radius 3 is 2.50 bits per heavy atom. The number of anilines is 1. The van der Waals surface area contributed by atoms with Crippen molar-refractivity contribution in [2.24, 2.45) is 5.84 Å². The first kappa shape index (κ1) is 13.0.